The average molecular weight is 276 g/mol. The SMILES string of the molecule is Cc1cc(N)c(C(=O)NCc2ccccc2Cl)cn1. The number of halogens is 1. The number of benzene rings is 1. The zero-order chi connectivity index (χ0) is 13.8. The molecule has 98 valence electrons. The van der Waals surface area contributed by atoms with Crippen LogP contribution in [-0.4, -0.2) is 10.9 Å². The number of amides is 1. The number of rotatable bonds is 3. The maximum Gasteiger partial charge on any atom is 0.255 e. The number of anilines is 1. The number of nitrogen functional groups attached to an aromatic ring is 1. The number of nitrogens with two attached hydrogens (primary N) is 1. The Morgan fingerprint density at radius 1 is 1.42 bits per heavy atom. The third-order valence-corrected chi connectivity index (χ3v) is 3.08. The molecule has 1 aromatic heterocycles. The Bertz CT molecular complexity index is 613. The fourth-order valence-corrected chi connectivity index (χ4v) is 1.89. The minimum atomic E-state index is -0.259. The van der Waals surface area contributed by atoms with Crippen molar-refractivity contribution in [2.75, 3.05) is 5.73 Å². The molecule has 2 rings (SSSR count). The Hall–Kier alpha value is -2.07. The largest absolute Gasteiger partial charge is 0.398 e. The lowest BCUT2D eigenvalue weighted by atomic mass is 10.2. The lowest BCUT2D eigenvalue weighted by Crippen LogP contribution is -2.24. The van der Waals surface area contributed by atoms with E-state index in [4.69, 9.17) is 17.3 Å². The molecule has 0 aliphatic heterocycles. The maximum absolute atomic E-state index is 12.0. The van der Waals surface area contributed by atoms with Crippen LogP contribution in [0.5, 0.6) is 0 Å². The van der Waals surface area contributed by atoms with E-state index in [-0.39, 0.29) is 5.91 Å². The number of hydrogen-bond acceptors (Lipinski definition) is 3. The lowest BCUT2D eigenvalue weighted by molar-refractivity contribution is 0.0951. The number of carbonyl (C=O) groups excluding carboxylic acids is 1. The van der Waals surface area contributed by atoms with Crippen LogP contribution in [0.25, 0.3) is 0 Å². The molecule has 1 heterocycles. The van der Waals surface area contributed by atoms with Crippen molar-refractivity contribution in [3.63, 3.8) is 0 Å². The molecule has 0 fully saturated rings. The van der Waals surface area contributed by atoms with Crippen LogP contribution < -0.4 is 11.1 Å². The molecular weight excluding hydrogens is 262 g/mol. The fraction of sp³-hybridized carbons (Fsp3) is 0.143. The number of nitrogens with one attached hydrogen (secondary N) is 1. The van der Waals surface area contributed by atoms with Gasteiger partial charge in [-0.3, -0.25) is 9.78 Å². The van der Waals surface area contributed by atoms with Gasteiger partial charge in [0.15, 0.2) is 0 Å². The summed E-state index contributed by atoms with van der Waals surface area (Å²) in [5.41, 5.74) is 8.22. The van der Waals surface area contributed by atoms with E-state index in [0.717, 1.165) is 11.3 Å². The van der Waals surface area contributed by atoms with E-state index in [2.05, 4.69) is 10.3 Å². The number of nitrogens with zero attached hydrogens (tertiary/aromatic N) is 1. The summed E-state index contributed by atoms with van der Waals surface area (Å²) in [6, 6.07) is 9.03. The molecular formula is C14H14ClN3O. The number of aryl methyl sites for hydroxylation is 1. The lowest BCUT2D eigenvalue weighted by Gasteiger charge is -2.08. The van der Waals surface area contributed by atoms with Crippen LogP contribution in [0.1, 0.15) is 21.6 Å². The van der Waals surface area contributed by atoms with Gasteiger partial charge in [-0.1, -0.05) is 29.8 Å². The number of hydrogen-bond donors (Lipinski definition) is 2. The van der Waals surface area contributed by atoms with Crippen molar-refractivity contribution in [2.24, 2.45) is 0 Å². The van der Waals surface area contributed by atoms with Gasteiger partial charge in [0.05, 0.1) is 5.56 Å². The second-order valence-corrected chi connectivity index (χ2v) is 4.59. The van der Waals surface area contributed by atoms with E-state index in [1.165, 1.54) is 6.20 Å². The summed E-state index contributed by atoms with van der Waals surface area (Å²) in [5, 5.41) is 3.40. The molecule has 0 unspecified atom stereocenters. The molecule has 0 radical (unpaired) electrons. The standard InChI is InChI=1S/C14H14ClN3O/c1-9-6-13(16)11(8-17-9)14(19)18-7-10-4-2-3-5-12(10)15/h2-6,8H,7H2,1H3,(H2,16,17)(H,18,19). The van der Waals surface area contributed by atoms with Crippen LogP contribution >= 0.6 is 11.6 Å². The Kier molecular flexibility index (Phi) is 4.02. The molecule has 0 aliphatic carbocycles. The highest BCUT2D eigenvalue weighted by atomic mass is 35.5. The van der Waals surface area contributed by atoms with Crippen LogP contribution in [0.3, 0.4) is 0 Å². The molecule has 1 aromatic carbocycles. The van der Waals surface area contributed by atoms with Gasteiger partial charge in [0.1, 0.15) is 0 Å². The van der Waals surface area contributed by atoms with Crippen molar-refractivity contribution >= 4 is 23.2 Å². The summed E-state index contributed by atoms with van der Waals surface area (Å²) < 4.78 is 0. The van der Waals surface area contributed by atoms with Crippen LogP contribution in [0.4, 0.5) is 5.69 Å². The number of carbonyl (C=O) groups is 1. The zero-order valence-corrected chi connectivity index (χ0v) is 11.2. The first-order valence-corrected chi connectivity index (χ1v) is 6.19. The normalized spacial score (nSPS) is 10.2. The summed E-state index contributed by atoms with van der Waals surface area (Å²) in [6.07, 6.45) is 1.48. The minimum Gasteiger partial charge on any atom is -0.398 e. The third kappa shape index (κ3) is 3.23. The Morgan fingerprint density at radius 3 is 2.84 bits per heavy atom. The monoisotopic (exact) mass is 275 g/mol. The van der Waals surface area contributed by atoms with Crippen molar-refractivity contribution < 1.29 is 4.79 Å². The second kappa shape index (κ2) is 5.71. The van der Waals surface area contributed by atoms with Gasteiger partial charge in [-0.15, -0.1) is 0 Å². The molecule has 3 N–H and O–H groups in total. The molecule has 0 bridgehead atoms. The fourth-order valence-electron chi connectivity index (χ4n) is 1.68. The van der Waals surface area contributed by atoms with Gasteiger partial charge >= 0.3 is 0 Å². The van der Waals surface area contributed by atoms with Crippen LogP contribution in [0.2, 0.25) is 5.02 Å². The molecule has 1 amide bonds. The van der Waals surface area contributed by atoms with Crippen molar-refractivity contribution in [3.05, 3.63) is 58.4 Å². The predicted molar refractivity (Wildman–Crippen MR) is 76.0 cm³/mol. The van der Waals surface area contributed by atoms with Crippen LogP contribution in [0, 0.1) is 6.92 Å². The smallest absolute Gasteiger partial charge is 0.255 e. The molecule has 19 heavy (non-hydrogen) atoms. The van der Waals surface area contributed by atoms with Gasteiger partial charge in [-0.05, 0) is 24.6 Å². The predicted octanol–water partition coefficient (Wildman–Crippen LogP) is 2.56. The average Bonchev–Trinajstić information content (AvgIpc) is 2.37. The topological polar surface area (TPSA) is 68.0 Å². The molecule has 4 nitrogen and oxygen atoms in total. The first-order chi connectivity index (χ1) is 9.08. The van der Waals surface area contributed by atoms with Gasteiger partial charge in [-0.2, -0.15) is 0 Å². The van der Waals surface area contributed by atoms with E-state index in [1.54, 1.807) is 12.1 Å². The van der Waals surface area contributed by atoms with Gasteiger partial charge in [0.25, 0.3) is 5.91 Å². The van der Waals surface area contributed by atoms with Crippen LogP contribution in [0.15, 0.2) is 36.5 Å². The molecule has 5 heteroatoms. The van der Waals surface area contributed by atoms with E-state index < -0.39 is 0 Å². The highest BCUT2D eigenvalue weighted by molar-refractivity contribution is 6.31. The minimum absolute atomic E-state index is 0.259. The molecule has 0 aliphatic rings. The Balaban J connectivity index is 2.08. The summed E-state index contributed by atoms with van der Waals surface area (Å²) in [5.74, 6) is -0.259. The highest BCUT2D eigenvalue weighted by Crippen LogP contribution is 2.15. The Labute approximate surface area is 116 Å². The third-order valence-electron chi connectivity index (χ3n) is 2.71. The van der Waals surface area contributed by atoms with Gasteiger partial charge in [0.2, 0.25) is 0 Å². The first-order valence-electron chi connectivity index (χ1n) is 5.81. The highest BCUT2D eigenvalue weighted by Gasteiger charge is 2.10. The summed E-state index contributed by atoms with van der Waals surface area (Å²) >= 11 is 6.02. The summed E-state index contributed by atoms with van der Waals surface area (Å²) in [7, 11) is 0. The second-order valence-electron chi connectivity index (χ2n) is 4.19. The molecule has 2 aromatic rings. The molecule has 0 saturated carbocycles. The summed E-state index contributed by atoms with van der Waals surface area (Å²) in [4.78, 5) is 16.1. The van der Waals surface area contributed by atoms with E-state index in [0.29, 0.717) is 22.8 Å². The van der Waals surface area contributed by atoms with E-state index >= 15 is 0 Å². The quantitative estimate of drug-likeness (QED) is 0.904. The van der Waals surface area contributed by atoms with Crippen molar-refractivity contribution in [3.8, 4) is 0 Å². The molecule has 0 saturated heterocycles. The Morgan fingerprint density at radius 2 is 2.16 bits per heavy atom. The van der Waals surface area contributed by atoms with Crippen molar-refractivity contribution in [1.29, 1.82) is 0 Å². The van der Waals surface area contributed by atoms with E-state index in [1.807, 2.05) is 25.1 Å². The van der Waals surface area contributed by atoms with Crippen molar-refractivity contribution in [2.45, 2.75) is 13.5 Å². The maximum atomic E-state index is 12.0. The molecule has 0 spiro atoms. The number of aromatic nitrogens is 1. The zero-order valence-electron chi connectivity index (χ0n) is 10.5. The van der Waals surface area contributed by atoms with Gasteiger partial charge in [-0.25, -0.2) is 0 Å². The van der Waals surface area contributed by atoms with Gasteiger partial charge < -0.3 is 11.1 Å². The van der Waals surface area contributed by atoms with Crippen molar-refractivity contribution in [1.82, 2.24) is 10.3 Å². The van der Waals surface area contributed by atoms with Crippen LogP contribution in [-0.2, 0) is 6.54 Å². The first kappa shape index (κ1) is 13.4. The molecule has 0 atom stereocenters. The van der Waals surface area contributed by atoms with E-state index in [9.17, 15) is 4.79 Å². The number of pyridine rings is 1. The summed E-state index contributed by atoms with van der Waals surface area (Å²) in [6.45, 7) is 2.17. The van der Waals surface area contributed by atoms with Gasteiger partial charge in [0, 0.05) is 29.1 Å².